The van der Waals surface area contributed by atoms with Crippen LogP contribution in [0.1, 0.15) is 15.9 Å². The molecule has 0 saturated carbocycles. The molecule has 0 aliphatic carbocycles. The van der Waals surface area contributed by atoms with Crippen molar-refractivity contribution in [2.45, 2.75) is 4.90 Å². The zero-order chi connectivity index (χ0) is 20.0. The van der Waals surface area contributed by atoms with Crippen molar-refractivity contribution in [1.82, 2.24) is 4.83 Å². The number of carbonyl (C=O) groups is 1. The standard InChI is InChI=1S/C20H15BrN2O4S/c21-17-10-8-16(9-11-17)20(24)27-18-12-6-15(7-13-18)14-22-23-28(25,26)19-4-2-1-3-5-19/h1-14,23H/b22-14+. The Morgan fingerprint density at radius 1 is 0.929 bits per heavy atom. The second-order valence-corrected chi connectivity index (χ2v) is 8.21. The Balaban J connectivity index is 1.60. The van der Waals surface area contributed by atoms with Crippen LogP contribution < -0.4 is 9.57 Å². The fourth-order valence-electron chi connectivity index (χ4n) is 2.20. The van der Waals surface area contributed by atoms with Crippen molar-refractivity contribution in [2.24, 2.45) is 5.10 Å². The van der Waals surface area contributed by atoms with Gasteiger partial charge in [-0.3, -0.25) is 0 Å². The molecule has 6 nitrogen and oxygen atoms in total. The van der Waals surface area contributed by atoms with Crippen LogP contribution in [0.2, 0.25) is 0 Å². The molecule has 0 fully saturated rings. The van der Waals surface area contributed by atoms with Gasteiger partial charge in [-0.2, -0.15) is 13.5 Å². The van der Waals surface area contributed by atoms with Crippen LogP contribution >= 0.6 is 15.9 Å². The molecule has 0 spiro atoms. The Hall–Kier alpha value is -2.97. The topological polar surface area (TPSA) is 84.8 Å². The normalized spacial score (nSPS) is 11.3. The van der Waals surface area contributed by atoms with Gasteiger partial charge < -0.3 is 4.74 Å². The summed E-state index contributed by atoms with van der Waals surface area (Å²) in [5.74, 6) is -0.0977. The number of ether oxygens (including phenoxy) is 1. The minimum atomic E-state index is -3.71. The predicted octanol–water partition coefficient (Wildman–Crippen LogP) is 3.98. The van der Waals surface area contributed by atoms with E-state index in [1.54, 1.807) is 66.7 Å². The lowest BCUT2D eigenvalue weighted by Crippen LogP contribution is -2.18. The number of sulfonamides is 1. The number of hydrogen-bond donors (Lipinski definition) is 1. The van der Waals surface area contributed by atoms with Gasteiger partial charge in [0.05, 0.1) is 16.7 Å². The maximum atomic E-state index is 12.1. The van der Waals surface area contributed by atoms with E-state index in [0.717, 1.165) is 4.47 Å². The van der Waals surface area contributed by atoms with Crippen LogP contribution in [0.4, 0.5) is 0 Å². The lowest BCUT2D eigenvalue weighted by atomic mass is 10.2. The van der Waals surface area contributed by atoms with Crippen molar-refractivity contribution in [2.75, 3.05) is 0 Å². The summed E-state index contributed by atoms with van der Waals surface area (Å²) in [4.78, 5) is 14.4. The van der Waals surface area contributed by atoms with Crippen LogP contribution in [0.3, 0.4) is 0 Å². The molecule has 0 atom stereocenters. The number of hydrazone groups is 1. The summed E-state index contributed by atoms with van der Waals surface area (Å²) >= 11 is 3.31. The average molecular weight is 459 g/mol. The third-order valence-electron chi connectivity index (χ3n) is 3.61. The van der Waals surface area contributed by atoms with E-state index in [4.69, 9.17) is 4.74 Å². The molecular formula is C20H15BrN2O4S. The largest absolute Gasteiger partial charge is 0.423 e. The molecule has 0 heterocycles. The molecule has 0 aliphatic rings. The van der Waals surface area contributed by atoms with Crippen LogP contribution in [0.15, 0.2) is 93.3 Å². The van der Waals surface area contributed by atoms with Crippen molar-refractivity contribution >= 4 is 38.1 Å². The summed E-state index contributed by atoms with van der Waals surface area (Å²) in [6.45, 7) is 0. The highest BCUT2D eigenvalue weighted by Crippen LogP contribution is 2.16. The molecule has 0 saturated heterocycles. The number of halogens is 1. The number of carbonyl (C=O) groups excluding carboxylic acids is 1. The Bertz CT molecular complexity index is 1080. The van der Waals surface area contributed by atoms with Crippen LogP contribution in [-0.2, 0) is 10.0 Å². The Morgan fingerprint density at radius 3 is 2.21 bits per heavy atom. The maximum Gasteiger partial charge on any atom is 0.343 e. The minimum absolute atomic E-state index is 0.127. The van der Waals surface area contributed by atoms with Gasteiger partial charge in [-0.05, 0) is 66.2 Å². The molecule has 28 heavy (non-hydrogen) atoms. The smallest absolute Gasteiger partial charge is 0.343 e. The van der Waals surface area contributed by atoms with E-state index < -0.39 is 16.0 Å². The van der Waals surface area contributed by atoms with Gasteiger partial charge in [0.2, 0.25) is 0 Å². The minimum Gasteiger partial charge on any atom is -0.423 e. The van der Waals surface area contributed by atoms with Gasteiger partial charge >= 0.3 is 5.97 Å². The summed E-state index contributed by atoms with van der Waals surface area (Å²) in [7, 11) is -3.71. The molecule has 0 bridgehead atoms. The van der Waals surface area contributed by atoms with Crippen molar-refractivity contribution in [3.63, 3.8) is 0 Å². The van der Waals surface area contributed by atoms with E-state index in [0.29, 0.717) is 16.9 Å². The first kappa shape index (κ1) is 19.8. The SMILES string of the molecule is O=C(Oc1ccc(/C=N/NS(=O)(=O)c2ccccc2)cc1)c1ccc(Br)cc1. The van der Waals surface area contributed by atoms with Gasteiger partial charge in [0.25, 0.3) is 10.0 Å². The molecule has 0 radical (unpaired) electrons. The molecule has 0 aromatic heterocycles. The molecule has 0 unspecified atom stereocenters. The molecule has 142 valence electrons. The molecule has 3 aromatic rings. The number of benzene rings is 3. The maximum absolute atomic E-state index is 12.1. The number of rotatable bonds is 6. The summed E-state index contributed by atoms with van der Waals surface area (Å²) in [6.07, 6.45) is 1.36. The van der Waals surface area contributed by atoms with Crippen LogP contribution in [0, 0.1) is 0 Å². The molecule has 0 amide bonds. The number of nitrogens with zero attached hydrogens (tertiary/aromatic N) is 1. The van der Waals surface area contributed by atoms with Crippen molar-refractivity contribution in [1.29, 1.82) is 0 Å². The first-order valence-electron chi connectivity index (χ1n) is 8.12. The number of esters is 1. The predicted molar refractivity (Wildman–Crippen MR) is 110 cm³/mol. The van der Waals surface area contributed by atoms with Crippen LogP contribution in [-0.4, -0.2) is 20.6 Å². The molecule has 3 rings (SSSR count). The zero-order valence-electron chi connectivity index (χ0n) is 14.4. The van der Waals surface area contributed by atoms with Crippen molar-refractivity contribution in [3.05, 3.63) is 94.5 Å². The van der Waals surface area contributed by atoms with Gasteiger partial charge in [0.15, 0.2) is 0 Å². The van der Waals surface area contributed by atoms with Gasteiger partial charge in [0.1, 0.15) is 5.75 Å². The first-order chi connectivity index (χ1) is 13.4. The fourth-order valence-corrected chi connectivity index (χ4v) is 3.27. The first-order valence-corrected chi connectivity index (χ1v) is 10.4. The quantitative estimate of drug-likeness (QED) is 0.262. The van der Waals surface area contributed by atoms with Crippen molar-refractivity contribution in [3.8, 4) is 5.75 Å². The van der Waals surface area contributed by atoms with Crippen LogP contribution in [0.5, 0.6) is 5.75 Å². The monoisotopic (exact) mass is 458 g/mol. The average Bonchev–Trinajstić information content (AvgIpc) is 2.70. The van der Waals surface area contributed by atoms with E-state index in [9.17, 15) is 13.2 Å². The van der Waals surface area contributed by atoms with E-state index >= 15 is 0 Å². The lowest BCUT2D eigenvalue weighted by Gasteiger charge is -2.05. The van der Waals surface area contributed by atoms with Crippen LogP contribution in [0.25, 0.3) is 0 Å². The van der Waals surface area contributed by atoms with Gasteiger partial charge in [-0.25, -0.2) is 9.63 Å². The fraction of sp³-hybridized carbons (Fsp3) is 0. The number of nitrogens with one attached hydrogen (secondary N) is 1. The summed E-state index contributed by atoms with van der Waals surface area (Å²) in [5, 5.41) is 3.76. The highest BCUT2D eigenvalue weighted by atomic mass is 79.9. The lowest BCUT2D eigenvalue weighted by molar-refractivity contribution is 0.0734. The molecule has 0 aliphatic heterocycles. The van der Waals surface area contributed by atoms with Gasteiger partial charge in [-0.15, -0.1) is 0 Å². The van der Waals surface area contributed by atoms with Gasteiger partial charge in [-0.1, -0.05) is 34.1 Å². The summed E-state index contributed by atoms with van der Waals surface area (Å²) in [5.41, 5.74) is 1.07. The second-order valence-electron chi connectivity index (χ2n) is 5.63. The highest BCUT2D eigenvalue weighted by Gasteiger charge is 2.11. The molecule has 3 aromatic carbocycles. The third kappa shape index (κ3) is 5.28. The van der Waals surface area contributed by atoms with E-state index in [1.807, 2.05) is 0 Å². The zero-order valence-corrected chi connectivity index (χ0v) is 16.9. The Labute approximate surface area is 171 Å². The Morgan fingerprint density at radius 2 is 1.57 bits per heavy atom. The summed E-state index contributed by atoms with van der Waals surface area (Å²) in [6, 6.07) is 21.3. The Kier molecular flexibility index (Phi) is 6.23. The molecule has 8 heteroatoms. The van der Waals surface area contributed by atoms with Crippen molar-refractivity contribution < 1.29 is 17.9 Å². The van der Waals surface area contributed by atoms with E-state index in [1.165, 1.54) is 18.3 Å². The third-order valence-corrected chi connectivity index (χ3v) is 5.38. The summed E-state index contributed by atoms with van der Waals surface area (Å²) < 4.78 is 30.3. The highest BCUT2D eigenvalue weighted by molar-refractivity contribution is 9.10. The number of hydrogen-bond acceptors (Lipinski definition) is 5. The van der Waals surface area contributed by atoms with E-state index in [2.05, 4.69) is 25.9 Å². The van der Waals surface area contributed by atoms with Gasteiger partial charge in [0, 0.05) is 4.47 Å². The molecular weight excluding hydrogens is 444 g/mol. The molecule has 1 N–H and O–H groups in total. The second kappa shape index (κ2) is 8.81. The van der Waals surface area contributed by atoms with E-state index in [-0.39, 0.29) is 4.90 Å².